The molecule has 0 saturated carbocycles. The standard InChI is InChI=1S/C22H20N6O3/c1-14-6-8-15(9-7-14)18-12-19(25-24-18)21(30)27-26-20(29)10-11-28-13-23-17-5-3-2-4-16(17)22(28)31/h2-9,12-13H,10-11H2,1H3,(H,24,25)(H,26,29)(H,27,30). The van der Waals surface area contributed by atoms with E-state index >= 15 is 0 Å². The second-order valence-corrected chi connectivity index (χ2v) is 7.05. The van der Waals surface area contributed by atoms with Crippen molar-refractivity contribution in [2.24, 2.45) is 0 Å². The summed E-state index contributed by atoms with van der Waals surface area (Å²) in [5.41, 5.74) is 7.90. The van der Waals surface area contributed by atoms with Crippen LogP contribution >= 0.6 is 0 Å². The normalized spacial score (nSPS) is 10.7. The number of nitrogens with zero attached hydrogens (tertiary/aromatic N) is 3. The summed E-state index contributed by atoms with van der Waals surface area (Å²) in [6.45, 7) is 2.13. The number of H-pyrrole nitrogens is 1. The first-order chi connectivity index (χ1) is 15.0. The van der Waals surface area contributed by atoms with Gasteiger partial charge in [-0.3, -0.25) is 34.9 Å². The number of rotatable bonds is 5. The Kier molecular flexibility index (Phi) is 5.57. The van der Waals surface area contributed by atoms with E-state index in [9.17, 15) is 14.4 Å². The zero-order valence-electron chi connectivity index (χ0n) is 16.8. The number of fused-ring (bicyclic) bond motifs is 1. The molecule has 0 aliphatic carbocycles. The Morgan fingerprint density at radius 1 is 1.06 bits per heavy atom. The highest BCUT2D eigenvalue weighted by Crippen LogP contribution is 2.18. The molecule has 0 aliphatic rings. The monoisotopic (exact) mass is 416 g/mol. The fourth-order valence-corrected chi connectivity index (χ4v) is 3.05. The van der Waals surface area contributed by atoms with Gasteiger partial charge in [0.1, 0.15) is 5.69 Å². The third-order valence-electron chi connectivity index (χ3n) is 4.80. The van der Waals surface area contributed by atoms with Gasteiger partial charge < -0.3 is 0 Å². The molecule has 156 valence electrons. The molecular formula is C22H20N6O3. The van der Waals surface area contributed by atoms with Crippen LogP contribution in [0.2, 0.25) is 0 Å². The number of aromatic nitrogens is 4. The van der Waals surface area contributed by atoms with Crippen LogP contribution in [0.4, 0.5) is 0 Å². The van der Waals surface area contributed by atoms with Gasteiger partial charge in [-0.05, 0) is 25.1 Å². The molecule has 0 saturated heterocycles. The maximum atomic E-state index is 12.4. The van der Waals surface area contributed by atoms with Crippen molar-refractivity contribution in [1.82, 2.24) is 30.6 Å². The Morgan fingerprint density at radius 3 is 2.65 bits per heavy atom. The predicted molar refractivity (Wildman–Crippen MR) is 115 cm³/mol. The highest BCUT2D eigenvalue weighted by molar-refractivity contribution is 5.94. The highest BCUT2D eigenvalue weighted by atomic mass is 16.2. The van der Waals surface area contributed by atoms with Crippen molar-refractivity contribution in [3.63, 3.8) is 0 Å². The predicted octanol–water partition coefficient (Wildman–Crippen LogP) is 1.95. The van der Waals surface area contributed by atoms with Crippen LogP contribution in [0.3, 0.4) is 0 Å². The molecule has 3 N–H and O–H groups in total. The summed E-state index contributed by atoms with van der Waals surface area (Å²) in [6.07, 6.45) is 1.41. The molecule has 0 bridgehead atoms. The number of carbonyl (C=O) groups is 2. The average Bonchev–Trinajstić information content (AvgIpc) is 3.28. The maximum absolute atomic E-state index is 12.4. The van der Waals surface area contributed by atoms with E-state index in [1.54, 1.807) is 30.3 Å². The van der Waals surface area contributed by atoms with E-state index < -0.39 is 11.8 Å². The fourth-order valence-electron chi connectivity index (χ4n) is 3.05. The number of carbonyl (C=O) groups excluding carboxylic acids is 2. The van der Waals surface area contributed by atoms with Gasteiger partial charge in [0.05, 0.1) is 22.9 Å². The molecular weight excluding hydrogens is 396 g/mol. The lowest BCUT2D eigenvalue weighted by atomic mass is 10.1. The van der Waals surface area contributed by atoms with E-state index in [1.165, 1.54) is 10.9 Å². The van der Waals surface area contributed by atoms with Gasteiger partial charge >= 0.3 is 0 Å². The first kappa shape index (κ1) is 20.0. The van der Waals surface area contributed by atoms with E-state index in [1.807, 2.05) is 31.2 Å². The van der Waals surface area contributed by atoms with Gasteiger partial charge in [0.15, 0.2) is 0 Å². The average molecular weight is 416 g/mol. The van der Waals surface area contributed by atoms with Crippen LogP contribution in [0, 0.1) is 6.92 Å². The van der Waals surface area contributed by atoms with Crippen LogP contribution in [0.1, 0.15) is 22.5 Å². The topological polar surface area (TPSA) is 122 Å². The zero-order valence-corrected chi connectivity index (χ0v) is 16.8. The minimum absolute atomic E-state index is 0.00218. The summed E-state index contributed by atoms with van der Waals surface area (Å²) in [7, 11) is 0. The molecule has 0 aliphatic heterocycles. The molecule has 2 amide bonds. The SMILES string of the molecule is Cc1ccc(-c2cc(C(=O)NNC(=O)CCn3cnc4ccccc4c3=O)[nH]n2)cc1. The lowest BCUT2D eigenvalue weighted by molar-refractivity contribution is -0.122. The van der Waals surface area contributed by atoms with Gasteiger partial charge in [-0.15, -0.1) is 0 Å². The minimum Gasteiger partial charge on any atom is -0.298 e. The van der Waals surface area contributed by atoms with Crippen molar-refractivity contribution in [2.45, 2.75) is 19.9 Å². The smallest absolute Gasteiger partial charge is 0.287 e. The van der Waals surface area contributed by atoms with Crippen LogP contribution in [-0.4, -0.2) is 31.6 Å². The summed E-state index contributed by atoms with van der Waals surface area (Å²) >= 11 is 0. The van der Waals surface area contributed by atoms with Crippen LogP contribution in [0.5, 0.6) is 0 Å². The number of nitrogens with one attached hydrogen (secondary N) is 3. The molecule has 0 atom stereocenters. The summed E-state index contributed by atoms with van der Waals surface area (Å²) in [5.74, 6) is -0.963. The fraction of sp³-hybridized carbons (Fsp3) is 0.136. The van der Waals surface area contributed by atoms with Crippen molar-refractivity contribution >= 4 is 22.7 Å². The number of amides is 2. The summed E-state index contributed by atoms with van der Waals surface area (Å²) in [4.78, 5) is 41.0. The van der Waals surface area contributed by atoms with E-state index in [4.69, 9.17) is 0 Å². The molecule has 0 fully saturated rings. The zero-order chi connectivity index (χ0) is 21.8. The van der Waals surface area contributed by atoms with Crippen LogP contribution in [0.15, 0.2) is 65.7 Å². The first-order valence-electron chi connectivity index (χ1n) is 9.67. The summed E-state index contributed by atoms with van der Waals surface area (Å²) in [5, 5.41) is 7.28. The minimum atomic E-state index is -0.524. The number of benzene rings is 2. The van der Waals surface area contributed by atoms with E-state index in [0.717, 1.165) is 11.1 Å². The van der Waals surface area contributed by atoms with Crippen molar-refractivity contribution in [1.29, 1.82) is 0 Å². The Hall–Kier alpha value is -4.27. The lowest BCUT2D eigenvalue weighted by Crippen LogP contribution is -2.42. The third-order valence-corrected chi connectivity index (χ3v) is 4.80. The van der Waals surface area contributed by atoms with Gasteiger partial charge in [0.25, 0.3) is 11.5 Å². The maximum Gasteiger partial charge on any atom is 0.287 e. The Bertz CT molecular complexity index is 1310. The number of hydrogen-bond donors (Lipinski definition) is 3. The first-order valence-corrected chi connectivity index (χ1v) is 9.67. The Balaban J connectivity index is 1.32. The molecule has 2 aromatic heterocycles. The van der Waals surface area contributed by atoms with Crippen molar-refractivity contribution < 1.29 is 9.59 Å². The third kappa shape index (κ3) is 4.50. The molecule has 0 unspecified atom stereocenters. The second kappa shape index (κ2) is 8.62. The number of hydrogen-bond acceptors (Lipinski definition) is 5. The lowest BCUT2D eigenvalue weighted by Gasteiger charge is -2.08. The number of aromatic amines is 1. The van der Waals surface area contributed by atoms with Crippen molar-refractivity contribution in [2.75, 3.05) is 0 Å². The second-order valence-electron chi connectivity index (χ2n) is 7.05. The Morgan fingerprint density at radius 2 is 1.84 bits per heavy atom. The van der Waals surface area contributed by atoms with Crippen molar-refractivity contribution in [3.05, 3.63) is 82.5 Å². The number of hydrazine groups is 1. The molecule has 4 rings (SSSR count). The van der Waals surface area contributed by atoms with E-state index in [2.05, 4.69) is 26.0 Å². The molecule has 2 heterocycles. The summed E-state index contributed by atoms with van der Waals surface area (Å²) < 4.78 is 1.37. The number of aryl methyl sites for hydroxylation is 2. The molecule has 0 radical (unpaired) electrons. The van der Waals surface area contributed by atoms with Gasteiger partial charge in [0.2, 0.25) is 5.91 Å². The van der Waals surface area contributed by atoms with Gasteiger partial charge in [0, 0.05) is 18.5 Å². The quantitative estimate of drug-likeness (QED) is 0.429. The molecule has 4 aromatic rings. The van der Waals surface area contributed by atoms with Crippen LogP contribution in [0.25, 0.3) is 22.2 Å². The number of para-hydroxylation sites is 1. The van der Waals surface area contributed by atoms with E-state index in [-0.39, 0.29) is 24.2 Å². The Labute approximate surface area is 177 Å². The van der Waals surface area contributed by atoms with E-state index in [0.29, 0.717) is 16.6 Å². The molecule has 9 nitrogen and oxygen atoms in total. The van der Waals surface area contributed by atoms with Gasteiger partial charge in [-0.1, -0.05) is 42.0 Å². The molecule has 2 aromatic carbocycles. The molecule has 9 heteroatoms. The largest absolute Gasteiger partial charge is 0.298 e. The van der Waals surface area contributed by atoms with Crippen LogP contribution in [-0.2, 0) is 11.3 Å². The highest BCUT2D eigenvalue weighted by Gasteiger charge is 2.12. The van der Waals surface area contributed by atoms with Gasteiger partial charge in [-0.25, -0.2) is 4.98 Å². The van der Waals surface area contributed by atoms with Crippen molar-refractivity contribution in [3.8, 4) is 11.3 Å². The molecule has 0 spiro atoms. The van der Waals surface area contributed by atoms with Crippen LogP contribution < -0.4 is 16.4 Å². The van der Waals surface area contributed by atoms with Gasteiger partial charge in [-0.2, -0.15) is 5.10 Å². The summed E-state index contributed by atoms with van der Waals surface area (Å²) in [6, 6.07) is 16.4. The molecule has 31 heavy (non-hydrogen) atoms.